The van der Waals surface area contributed by atoms with E-state index in [2.05, 4.69) is 20.6 Å². The lowest BCUT2D eigenvalue weighted by atomic mass is 10.1. The van der Waals surface area contributed by atoms with Crippen molar-refractivity contribution in [2.75, 3.05) is 0 Å². The highest BCUT2D eigenvalue weighted by Gasteiger charge is 2.22. The fourth-order valence-electron chi connectivity index (χ4n) is 2.05. The third kappa shape index (κ3) is 3.75. The molecule has 0 saturated carbocycles. The van der Waals surface area contributed by atoms with Gasteiger partial charge in [0, 0.05) is 6.07 Å². The number of hydrogen-bond acceptors (Lipinski definition) is 5. The third-order valence-corrected chi connectivity index (χ3v) is 3.35. The minimum atomic E-state index is -1.12. The average molecular weight is 331 g/mol. The van der Waals surface area contributed by atoms with Crippen molar-refractivity contribution in [3.8, 4) is 5.82 Å². The van der Waals surface area contributed by atoms with Gasteiger partial charge in [-0.3, -0.25) is 9.59 Å². The zero-order valence-electron chi connectivity index (χ0n) is 13.2. The van der Waals surface area contributed by atoms with Crippen molar-refractivity contribution in [3.63, 3.8) is 0 Å². The van der Waals surface area contributed by atoms with Crippen molar-refractivity contribution in [1.29, 1.82) is 0 Å². The first-order chi connectivity index (χ1) is 11.4. The predicted octanol–water partition coefficient (Wildman–Crippen LogP) is 0.413. The van der Waals surface area contributed by atoms with Crippen molar-refractivity contribution in [1.82, 2.24) is 25.3 Å². The van der Waals surface area contributed by atoms with Crippen LogP contribution in [0.5, 0.6) is 0 Å². The van der Waals surface area contributed by atoms with Crippen molar-refractivity contribution in [3.05, 3.63) is 52.1 Å². The minimum absolute atomic E-state index is 0.187. The second-order valence-electron chi connectivity index (χ2n) is 5.00. The number of carboxylic acid groups (broad SMARTS) is 1. The SMILES string of the molecule is C/C=C/CC(NC(=O)c1cnn(-c2ccc(=O)[nH]n2)c1C)C(=O)O. The molecule has 2 aromatic heterocycles. The predicted molar refractivity (Wildman–Crippen MR) is 85.0 cm³/mol. The number of aliphatic carboxylic acids is 1. The van der Waals surface area contributed by atoms with Crippen LogP contribution in [0.4, 0.5) is 0 Å². The van der Waals surface area contributed by atoms with Crippen molar-refractivity contribution in [2.24, 2.45) is 0 Å². The van der Waals surface area contributed by atoms with E-state index in [1.54, 1.807) is 26.0 Å². The number of carbonyl (C=O) groups is 2. The maximum atomic E-state index is 12.3. The molecular weight excluding hydrogens is 314 g/mol. The van der Waals surface area contributed by atoms with Gasteiger partial charge in [-0.2, -0.15) is 10.2 Å². The summed E-state index contributed by atoms with van der Waals surface area (Å²) in [5, 5.41) is 21.8. The van der Waals surface area contributed by atoms with Crippen LogP contribution in [-0.2, 0) is 4.79 Å². The van der Waals surface area contributed by atoms with E-state index >= 15 is 0 Å². The molecule has 2 aromatic rings. The molecule has 0 radical (unpaired) electrons. The first kappa shape index (κ1) is 17.1. The molecule has 0 fully saturated rings. The summed E-state index contributed by atoms with van der Waals surface area (Å²) in [5.41, 5.74) is 0.353. The smallest absolute Gasteiger partial charge is 0.326 e. The standard InChI is InChI=1S/C15H17N5O4/c1-3-4-5-11(15(23)24)17-14(22)10-8-16-20(9(10)2)12-6-7-13(21)19-18-12/h3-4,6-8,11H,5H2,1-2H3,(H,17,22)(H,19,21)(H,23,24)/b4-3+. The Balaban J connectivity index is 2.23. The molecule has 1 unspecified atom stereocenters. The van der Waals surface area contributed by atoms with Gasteiger partial charge in [0.25, 0.3) is 11.5 Å². The number of H-pyrrole nitrogens is 1. The number of carbonyl (C=O) groups excluding carboxylic acids is 1. The molecule has 126 valence electrons. The van der Waals surface area contributed by atoms with E-state index < -0.39 is 17.9 Å². The van der Waals surface area contributed by atoms with Crippen molar-refractivity contribution < 1.29 is 14.7 Å². The number of amides is 1. The largest absolute Gasteiger partial charge is 0.480 e. The zero-order valence-corrected chi connectivity index (χ0v) is 13.2. The monoisotopic (exact) mass is 331 g/mol. The van der Waals surface area contributed by atoms with Gasteiger partial charge >= 0.3 is 5.97 Å². The molecular formula is C15H17N5O4. The highest BCUT2D eigenvalue weighted by atomic mass is 16.4. The van der Waals surface area contributed by atoms with Crippen LogP contribution in [-0.4, -0.2) is 43.0 Å². The van der Waals surface area contributed by atoms with Crippen molar-refractivity contribution >= 4 is 11.9 Å². The molecule has 1 amide bonds. The van der Waals surface area contributed by atoms with Crippen LogP contribution >= 0.6 is 0 Å². The number of carboxylic acids is 1. The van der Waals surface area contributed by atoms with Crippen molar-refractivity contribution in [2.45, 2.75) is 26.3 Å². The Kier molecular flexibility index (Phi) is 5.25. The molecule has 3 N–H and O–H groups in total. The molecule has 0 aliphatic rings. The summed E-state index contributed by atoms with van der Waals surface area (Å²) >= 11 is 0. The number of allylic oxidation sites excluding steroid dienone is 1. The van der Waals surface area contributed by atoms with E-state index in [-0.39, 0.29) is 17.5 Å². The van der Waals surface area contributed by atoms with E-state index in [0.717, 1.165) is 0 Å². The topological polar surface area (TPSA) is 130 Å². The summed E-state index contributed by atoms with van der Waals surface area (Å²) in [5.74, 6) is -1.32. The van der Waals surface area contributed by atoms with Gasteiger partial charge in [-0.15, -0.1) is 0 Å². The number of rotatable bonds is 6. The van der Waals surface area contributed by atoms with Gasteiger partial charge in [0.15, 0.2) is 5.82 Å². The summed E-state index contributed by atoms with van der Waals surface area (Å²) in [6, 6.07) is 1.73. The molecule has 9 heteroatoms. The van der Waals surface area contributed by atoms with Gasteiger partial charge in [0.2, 0.25) is 0 Å². The average Bonchev–Trinajstić information content (AvgIpc) is 2.93. The summed E-state index contributed by atoms with van der Waals surface area (Å²) in [4.78, 5) is 34.6. The molecule has 0 aromatic carbocycles. The van der Waals surface area contributed by atoms with Crippen LogP contribution in [0.3, 0.4) is 0 Å². The summed E-state index contributed by atoms with van der Waals surface area (Å²) in [6.45, 7) is 3.42. The maximum Gasteiger partial charge on any atom is 0.326 e. The Morgan fingerprint density at radius 3 is 2.79 bits per heavy atom. The highest BCUT2D eigenvalue weighted by Crippen LogP contribution is 2.12. The zero-order chi connectivity index (χ0) is 17.7. The Bertz CT molecular complexity index is 816. The Morgan fingerprint density at radius 1 is 1.46 bits per heavy atom. The fourth-order valence-corrected chi connectivity index (χ4v) is 2.05. The number of aromatic nitrogens is 4. The number of aromatic amines is 1. The lowest BCUT2D eigenvalue weighted by Crippen LogP contribution is -2.40. The normalized spacial score (nSPS) is 12.2. The van der Waals surface area contributed by atoms with E-state index in [4.69, 9.17) is 5.11 Å². The highest BCUT2D eigenvalue weighted by molar-refractivity contribution is 5.97. The summed E-state index contributed by atoms with van der Waals surface area (Å²) < 4.78 is 1.38. The molecule has 9 nitrogen and oxygen atoms in total. The lowest BCUT2D eigenvalue weighted by molar-refractivity contribution is -0.139. The Hall–Kier alpha value is -3.23. The molecule has 1 atom stereocenters. The second-order valence-corrected chi connectivity index (χ2v) is 5.00. The van der Waals surface area contributed by atoms with Gasteiger partial charge in [0.1, 0.15) is 6.04 Å². The Labute approximate surface area is 137 Å². The first-order valence-electron chi connectivity index (χ1n) is 7.19. The third-order valence-electron chi connectivity index (χ3n) is 3.35. The van der Waals surface area contributed by atoms with Crippen LogP contribution in [0.1, 0.15) is 29.4 Å². The quantitative estimate of drug-likeness (QED) is 0.657. The van der Waals surface area contributed by atoms with E-state index in [1.165, 1.54) is 23.0 Å². The molecule has 0 spiro atoms. The molecule has 2 rings (SSSR count). The number of nitrogens with one attached hydrogen (secondary N) is 2. The minimum Gasteiger partial charge on any atom is -0.480 e. The van der Waals surface area contributed by atoms with Gasteiger partial charge in [-0.1, -0.05) is 12.2 Å². The second kappa shape index (κ2) is 7.36. The van der Waals surface area contributed by atoms with Crippen LogP contribution in [0, 0.1) is 6.92 Å². The van der Waals surface area contributed by atoms with Crippen LogP contribution < -0.4 is 10.9 Å². The fraction of sp³-hybridized carbons (Fsp3) is 0.267. The Morgan fingerprint density at radius 2 is 2.21 bits per heavy atom. The first-order valence-corrected chi connectivity index (χ1v) is 7.19. The number of hydrogen-bond donors (Lipinski definition) is 3. The van der Waals surface area contributed by atoms with E-state index in [1.807, 2.05) is 0 Å². The summed E-state index contributed by atoms with van der Waals surface area (Å²) in [7, 11) is 0. The van der Waals surface area contributed by atoms with Crippen LogP contribution in [0.15, 0.2) is 35.3 Å². The molecule has 24 heavy (non-hydrogen) atoms. The van der Waals surface area contributed by atoms with Crippen LogP contribution in [0.2, 0.25) is 0 Å². The summed E-state index contributed by atoms with van der Waals surface area (Å²) in [6.07, 6.45) is 4.89. The van der Waals surface area contributed by atoms with E-state index in [0.29, 0.717) is 11.5 Å². The molecule has 0 saturated heterocycles. The lowest BCUT2D eigenvalue weighted by Gasteiger charge is -2.12. The van der Waals surface area contributed by atoms with E-state index in [9.17, 15) is 14.4 Å². The van der Waals surface area contributed by atoms with Crippen LogP contribution in [0.25, 0.3) is 5.82 Å². The maximum absolute atomic E-state index is 12.3. The molecule has 0 bridgehead atoms. The van der Waals surface area contributed by atoms with Gasteiger partial charge in [-0.25, -0.2) is 14.6 Å². The molecule has 0 aliphatic heterocycles. The molecule has 0 aliphatic carbocycles. The van der Waals surface area contributed by atoms with Gasteiger partial charge in [-0.05, 0) is 26.3 Å². The number of nitrogens with zero attached hydrogens (tertiary/aromatic N) is 3. The van der Waals surface area contributed by atoms with Gasteiger partial charge in [0.05, 0.1) is 17.5 Å². The van der Waals surface area contributed by atoms with Gasteiger partial charge < -0.3 is 10.4 Å². The molecule has 2 heterocycles.